The molecule has 0 aromatic carbocycles. The fourth-order valence-corrected chi connectivity index (χ4v) is 2.47. The highest BCUT2D eigenvalue weighted by atomic mass is 16.5. The topological polar surface area (TPSA) is 62.3 Å². The number of rotatable bonds is 8. The third-order valence-electron chi connectivity index (χ3n) is 4.11. The Labute approximate surface area is 118 Å². The Bertz CT molecular complexity index is 273. The number of nitrogens with zero attached hydrogens (tertiary/aromatic N) is 1. The van der Waals surface area contributed by atoms with Crippen LogP contribution in [0.2, 0.25) is 0 Å². The van der Waals surface area contributed by atoms with Gasteiger partial charge in [-0.3, -0.25) is 5.41 Å². The van der Waals surface area contributed by atoms with E-state index in [1.165, 1.54) is 25.7 Å². The van der Waals surface area contributed by atoms with Crippen LogP contribution < -0.4 is 5.73 Å². The molecule has 0 aromatic rings. The summed E-state index contributed by atoms with van der Waals surface area (Å²) in [5.41, 5.74) is 5.44. The lowest BCUT2D eigenvalue weighted by Gasteiger charge is -2.28. The van der Waals surface area contributed by atoms with Gasteiger partial charge in [-0.25, -0.2) is 0 Å². The molecular formula is C15H31N3O. The number of hydrogen-bond donors (Lipinski definition) is 2. The van der Waals surface area contributed by atoms with E-state index in [-0.39, 0.29) is 5.41 Å². The van der Waals surface area contributed by atoms with Crippen LogP contribution in [0.15, 0.2) is 0 Å². The van der Waals surface area contributed by atoms with Crippen LogP contribution in [-0.4, -0.2) is 43.6 Å². The number of unbranched alkanes of at least 4 members (excludes halogenated alkanes) is 1. The molecule has 19 heavy (non-hydrogen) atoms. The van der Waals surface area contributed by atoms with E-state index in [4.69, 9.17) is 15.9 Å². The molecule has 112 valence electrons. The molecule has 1 aliphatic heterocycles. The van der Waals surface area contributed by atoms with Gasteiger partial charge in [0.25, 0.3) is 0 Å². The van der Waals surface area contributed by atoms with Crippen molar-refractivity contribution in [1.82, 2.24) is 4.90 Å². The number of nitrogens with one attached hydrogen (secondary N) is 1. The van der Waals surface area contributed by atoms with Crippen molar-refractivity contribution in [3.8, 4) is 0 Å². The molecule has 0 spiro atoms. The van der Waals surface area contributed by atoms with E-state index in [9.17, 15) is 0 Å². The number of likely N-dealkylation sites (N-methyl/N-ethyl adjacent to an activating group) is 1. The number of nitrogens with two attached hydrogens (primary N) is 1. The third kappa shape index (κ3) is 6.39. The molecule has 0 radical (unpaired) electrons. The molecule has 1 aliphatic rings. The van der Waals surface area contributed by atoms with Crippen molar-refractivity contribution in [1.29, 1.82) is 5.41 Å². The first kappa shape index (κ1) is 16.4. The van der Waals surface area contributed by atoms with Crippen LogP contribution in [0.5, 0.6) is 0 Å². The second-order valence-electron chi connectivity index (χ2n) is 6.51. The maximum absolute atomic E-state index is 7.54. The third-order valence-corrected chi connectivity index (χ3v) is 4.11. The lowest BCUT2D eigenvalue weighted by molar-refractivity contribution is -0.00165. The van der Waals surface area contributed by atoms with Crippen LogP contribution in [-0.2, 0) is 4.74 Å². The highest BCUT2D eigenvalue weighted by molar-refractivity contribution is 5.82. The first-order valence-electron chi connectivity index (χ1n) is 7.56. The van der Waals surface area contributed by atoms with Gasteiger partial charge >= 0.3 is 0 Å². The molecule has 0 aromatic heterocycles. The van der Waals surface area contributed by atoms with Crippen molar-refractivity contribution in [2.75, 3.05) is 26.7 Å². The lowest BCUT2D eigenvalue weighted by atomic mass is 9.86. The Morgan fingerprint density at radius 3 is 2.68 bits per heavy atom. The van der Waals surface area contributed by atoms with E-state index >= 15 is 0 Å². The Morgan fingerprint density at radius 2 is 2.11 bits per heavy atom. The summed E-state index contributed by atoms with van der Waals surface area (Å²) in [5, 5.41) is 7.54. The van der Waals surface area contributed by atoms with Gasteiger partial charge in [-0.2, -0.15) is 0 Å². The van der Waals surface area contributed by atoms with Gasteiger partial charge in [0.15, 0.2) is 0 Å². The zero-order valence-corrected chi connectivity index (χ0v) is 12.9. The maximum atomic E-state index is 7.54. The Morgan fingerprint density at radius 1 is 1.37 bits per heavy atom. The quantitative estimate of drug-likeness (QED) is 0.404. The van der Waals surface area contributed by atoms with Crippen LogP contribution in [0.1, 0.15) is 52.4 Å². The average molecular weight is 269 g/mol. The molecule has 1 rings (SSSR count). The summed E-state index contributed by atoms with van der Waals surface area (Å²) >= 11 is 0. The molecule has 1 atom stereocenters. The average Bonchev–Trinajstić information content (AvgIpc) is 2.36. The molecule has 0 bridgehead atoms. The second kappa shape index (κ2) is 7.85. The fraction of sp³-hybridized carbons (Fsp3) is 0.933. The van der Waals surface area contributed by atoms with Gasteiger partial charge in [0, 0.05) is 18.6 Å². The molecule has 0 aliphatic carbocycles. The van der Waals surface area contributed by atoms with E-state index in [0.29, 0.717) is 11.9 Å². The summed E-state index contributed by atoms with van der Waals surface area (Å²) < 4.78 is 5.75. The van der Waals surface area contributed by atoms with Crippen molar-refractivity contribution >= 4 is 5.84 Å². The minimum absolute atomic E-state index is 0.148. The standard InChI is InChI=1S/C15H31N3O/c1-15(2,14(16)17)9-5-6-10-18(3)12-13-8-4-7-11-19-13/h13H,4-12H2,1-3H3,(H3,16,17). The van der Waals surface area contributed by atoms with Crippen molar-refractivity contribution in [2.24, 2.45) is 11.1 Å². The Balaban J connectivity index is 2.09. The van der Waals surface area contributed by atoms with Crippen LogP contribution in [0.3, 0.4) is 0 Å². The van der Waals surface area contributed by atoms with Crippen LogP contribution in [0, 0.1) is 10.8 Å². The molecule has 1 heterocycles. The summed E-state index contributed by atoms with van der Waals surface area (Å²) in [6, 6.07) is 0. The van der Waals surface area contributed by atoms with E-state index in [2.05, 4.69) is 25.8 Å². The van der Waals surface area contributed by atoms with Gasteiger partial charge in [0.1, 0.15) is 0 Å². The minimum Gasteiger partial charge on any atom is -0.387 e. The van der Waals surface area contributed by atoms with Crippen molar-refractivity contribution in [3.63, 3.8) is 0 Å². The molecule has 0 saturated carbocycles. The fourth-order valence-electron chi connectivity index (χ4n) is 2.47. The van der Waals surface area contributed by atoms with Gasteiger partial charge in [-0.15, -0.1) is 0 Å². The monoisotopic (exact) mass is 269 g/mol. The molecule has 1 fully saturated rings. The first-order valence-corrected chi connectivity index (χ1v) is 7.56. The normalized spacial score (nSPS) is 20.7. The summed E-state index contributed by atoms with van der Waals surface area (Å²) in [5.74, 6) is 0.302. The summed E-state index contributed by atoms with van der Waals surface area (Å²) in [7, 11) is 2.17. The molecule has 4 nitrogen and oxygen atoms in total. The van der Waals surface area contributed by atoms with Gasteiger partial charge in [-0.1, -0.05) is 20.3 Å². The van der Waals surface area contributed by atoms with Gasteiger partial charge in [-0.05, 0) is 45.7 Å². The highest BCUT2D eigenvalue weighted by Crippen LogP contribution is 2.22. The first-order chi connectivity index (χ1) is 8.92. The predicted octanol–water partition coefficient (Wildman–Crippen LogP) is 2.62. The van der Waals surface area contributed by atoms with Crippen molar-refractivity contribution in [2.45, 2.75) is 58.5 Å². The van der Waals surface area contributed by atoms with Gasteiger partial charge < -0.3 is 15.4 Å². The Kier molecular flexibility index (Phi) is 6.80. The van der Waals surface area contributed by atoms with Crippen LogP contribution >= 0.6 is 0 Å². The lowest BCUT2D eigenvalue weighted by Crippen LogP contribution is -2.34. The zero-order valence-electron chi connectivity index (χ0n) is 12.9. The van der Waals surface area contributed by atoms with Crippen molar-refractivity contribution < 1.29 is 4.74 Å². The smallest absolute Gasteiger partial charge is 0.0963 e. The van der Waals surface area contributed by atoms with Crippen LogP contribution in [0.25, 0.3) is 0 Å². The van der Waals surface area contributed by atoms with E-state index in [1.54, 1.807) is 0 Å². The molecule has 4 heteroatoms. The largest absolute Gasteiger partial charge is 0.387 e. The summed E-state index contributed by atoms with van der Waals surface area (Å²) in [4.78, 5) is 2.37. The van der Waals surface area contributed by atoms with Gasteiger partial charge in [0.05, 0.1) is 11.9 Å². The molecule has 3 N–H and O–H groups in total. The summed E-state index contributed by atoms with van der Waals surface area (Å²) in [6.45, 7) is 7.19. The van der Waals surface area contributed by atoms with E-state index < -0.39 is 0 Å². The van der Waals surface area contributed by atoms with E-state index in [1.807, 2.05) is 0 Å². The number of amidine groups is 1. The Hall–Kier alpha value is -0.610. The molecule has 1 saturated heterocycles. The van der Waals surface area contributed by atoms with E-state index in [0.717, 1.165) is 32.5 Å². The highest BCUT2D eigenvalue weighted by Gasteiger charge is 2.21. The molecule has 1 unspecified atom stereocenters. The number of ether oxygens (including phenoxy) is 1. The summed E-state index contributed by atoms with van der Waals surface area (Å²) in [6.07, 6.45) is 7.47. The minimum atomic E-state index is -0.148. The van der Waals surface area contributed by atoms with Crippen molar-refractivity contribution in [3.05, 3.63) is 0 Å². The molecular weight excluding hydrogens is 238 g/mol. The number of hydrogen-bond acceptors (Lipinski definition) is 3. The predicted molar refractivity (Wildman–Crippen MR) is 80.6 cm³/mol. The maximum Gasteiger partial charge on any atom is 0.0963 e. The zero-order chi connectivity index (χ0) is 14.3. The van der Waals surface area contributed by atoms with Crippen LogP contribution in [0.4, 0.5) is 0 Å². The molecule has 0 amide bonds. The SMILES string of the molecule is CN(CCCCC(C)(C)C(=N)N)CC1CCCCO1. The van der Waals surface area contributed by atoms with Gasteiger partial charge in [0.2, 0.25) is 0 Å². The second-order valence-corrected chi connectivity index (χ2v) is 6.51.